The number of hydrogen-bond donors (Lipinski definition) is 2. The molecule has 19 heavy (non-hydrogen) atoms. The Morgan fingerprint density at radius 2 is 2.26 bits per heavy atom. The second kappa shape index (κ2) is 7.05. The molecule has 0 radical (unpaired) electrons. The zero-order chi connectivity index (χ0) is 14.3. The molecule has 0 saturated carbocycles. The van der Waals surface area contributed by atoms with Crippen LogP contribution in [0.5, 0.6) is 0 Å². The van der Waals surface area contributed by atoms with E-state index < -0.39 is 10.0 Å². The molecular formula is C11H17N3O4S. The molecule has 0 aliphatic carbocycles. The van der Waals surface area contributed by atoms with Crippen molar-refractivity contribution in [2.45, 2.75) is 24.7 Å². The molecule has 0 fully saturated rings. The molecule has 0 bridgehead atoms. The average molecular weight is 287 g/mol. The van der Waals surface area contributed by atoms with E-state index in [1.54, 1.807) is 6.92 Å². The van der Waals surface area contributed by atoms with Crippen molar-refractivity contribution >= 4 is 21.8 Å². The lowest BCUT2D eigenvalue weighted by molar-refractivity contribution is -0.143. The molecular weight excluding hydrogens is 270 g/mol. The van der Waals surface area contributed by atoms with Crippen molar-refractivity contribution in [3.63, 3.8) is 0 Å². The summed E-state index contributed by atoms with van der Waals surface area (Å²) in [6, 6.07) is 2.86. The Morgan fingerprint density at radius 1 is 1.53 bits per heavy atom. The van der Waals surface area contributed by atoms with E-state index in [0.29, 0.717) is 13.0 Å². The van der Waals surface area contributed by atoms with Gasteiger partial charge in [-0.3, -0.25) is 4.79 Å². The van der Waals surface area contributed by atoms with Gasteiger partial charge in [-0.05, 0) is 25.5 Å². The van der Waals surface area contributed by atoms with Gasteiger partial charge in [0.15, 0.2) is 0 Å². The summed E-state index contributed by atoms with van der Waals surface area (Å²) in [6.45, 7) is 2.16. The first-order chi connectivity index (χ1) is 8.97. The number of carbonyl (C=O) groups is 1. The maximum Gasteiger partial charge on any atom is 0.305 e. The number of ether oxygens (including phenoxy) is 1. The number of hydrogen-bond acceptors (Lipinski definition) is 6. The summed E-state index contributed by atoms with van der Waals surface area (Å²) in [6.07, 6.45) is 1.94. The van der Waals surface area contributed by atoms with E-state index in [1.807, 2.05) is 0 Å². The van der Waals surface area contributed by atoms with Crippen molar-refractivity contribution in [1.29, 1.82) is 0 Å². The van der Waals surface area contributed by atoms with Crippen LogP contribution in [0.4, 0.5) is 5.82 Å². The topological polar surface area (TPSA) is 111 Å². The smallest absolute Gasteiger partial charge is 0.305 e. The molecule has 0 unspecified atom stereocenters. The minimum Gasteiger partial charge on any atom is -0.466 e. The van der Waals surface area contributed by atoms with E-state index in [4.69, 9.17) is 10.5 Å². The van der Waals surface area contributed by atoms with Gasteiger partial charge in [-0.25, -0.2) is 18.1 Å². The van der Waals surface area contributed by atoms with E-state index in [-0.39, 0.29) is 29.6 Å². The molecule has 1 heterocycles. The molecule has 1 aromatic rings. The number of nitrogens with two attached hydrogens (primary N) is 1. The van der Waals surface area contributed by atoms with E-state index in [2.05, 4.69) is 9.71 Å². The lowest BCUT2D eigenvalue weighted by atomic mass is 10.3. The largest absolute Gasteiger partial charge is 0.466 e. The zero-order valence-corrected chi connectivity index (χ0v) is 11.4. The molecule has 0 spiro atoms. The predicted molar refractivity (Wildman–Crippen MR) is 69.7 cm³/mol. The van der Waals surface area contributed by atoms with Crippen LogP contribution in [0.2, 0.25) is 0 Å². The van der Waals surface area contributed by atoms with Crippen LogP contribution < -0.4 is 10.5 Å². The Balaban J connectivity index is 2.49. The van der Waals surface area contributed by atoms with Crippen molar-refractivity contribution in [1.82, 2.24) is 9.71 Å². The third kappa shape index (κ3) is 4.84. The van der Waals surface area contributed by atoms with E-state index in [0.717, 1.165) is 0 Å². The lowest BCUT2D eigenvalue weighted by Gasteiger charge is -2.07. The number of carbonyl (C=O) groups excluding carboxylic acids is 1. The number of aromatic nitrogens is 1. The number of anilines is 1. The number of nitrogens with zero attached hydrogens (tertiary/aromatic N) is 1. The first-order valence-corrected chi connectivity index (χ1v) is 7.31. The Morgan fingerprint density at radius 3 is 2.89 bits per heavy atom. The van der Waals surface area contributed by atoms with Gasteiger partial charge in [0.2, 0.25) is 10.0 Å². The van der Waals surface area contributed by atoms with Crippen molar-refractivity contribution in [3.05, 3.63) is 18.3 Å². The summed E-state index contributed by atoms with van der Waals surface area (Å²) in [5.74, 6) is -0.400. The van der Waals surface area contributed by atoms with Gasteiger partial charge >= 0.3 is 5.97 Å². The first kappa shape index (κ1) is 15.4. The van der Waals surface area contributed by atoms with E-state index in [9.17, 15) is 13.2 Å². The standard InChI is InChI=1S/C11H17N3O4S/c1-2-18-10(15)6-4-8-14-19(16,17)9-5-3-7-13-11(9)12/h3,5,7,14H,2,4,6,8H2,1H3,(H2,12,13). The Kier molecular flexibility index (Phi) is 5.71. The van der Waals surface area contributed by atoms with Gasteiger partial charge in [0.05, 0.1) is 6.61 Å². The summed E-state index contributed by atoms with van der Waals surface area (Å²) in [4.78, 5) is 14.7. The second-order valence-electron chi connectivity index (χ2n) is 3.69. The average Bonchev–Trinajstić information content (AvgIpc) is 2.35. The zero-order valence-electron chi connectivity index (χ0n) is 10.6. The van der Waals surface area contributed by atoms with Gasteiger partial charge in [0.25, 0.3) is 0 Å². The van der Waals surface area contributed by atoms with Crippen molar-refractivity contribution in [3.8, 4) is 0 Å². The first-order valence-electron chi connectivity index (χ1n) is 5.83. The normalized spacial score (nSPS) is 11.2. The number of nitrogens with one attached hydrogen (secondary N) is 1. The van der Waals surface area contributed by atoms with Crippen molar-refractivity contribution in [2.24, 2.45) is 0 Å². The fourth-order valence-electron chi connectivity index (χ4n) is 1.38. The van der Waals surface area contributed by atoms with Crippen LogP contribution in [-0.2, 0) is 19.6 Å². The molecule has 0 aromatic carbocycles. The van der Waals surface area contributed by atoms with Crippen LogP contribution in [0.15, 0.2) is 23.2 Å². The van der Waals surface area contributed by atoms with Gasteiger partial charge in [-0.1, -0.05) is 0 Å². The summed E-state index contributed by atoms with van der Waals surface area (Å²) < 4.78 is 30.8. The number of rotatable bonds is 7. The third-order valence-electron chi connectivity index (χ3n) is 2.24. The SMILES string of the molecule is CCOC(=O)CCCNS(=O)(=O)c1cccnc1N. The van der Waals surface area contributed by atoms with E-state index >= 15 is 0 Å². The Hall–Kier alpha value is -1.67. The van der Waals surface area contributed by atoms with Crippen LogP contribution in [0.1, 0.15) is 19.8 Å². The maximum absolute atomic E-state index is 11.9. The summed E-state index contributed by atoms with van der Waals surface area (Å²) in [7, 11) is -3.69. The van der Waals surface area contributed by atoms with Gasteiger partial charge < -0.3 is 10.5 Å². The van der Waals surface area contributed by atoms with Crippen LogP contribution >= 0.6 is 0 Å². The van der Waals surface area contributed by atoms with Crippen molar-refractivity contribution < 1.29 is 17.9 Å². The fraction of sp³-hybridized carbons (Fsp3) is 0.455. The summed E-state index contributed by atoms with van der Waals surface area (Å²) >= 11 is 0. The maximum atomic E-state index is 11.9. The molecule has 0 amide bonds. The number of nitrogen functional groups attached to an aromatic ring is 1. The Bertz CT molecular complexity index is 530. The highest BCUT2D eigenvalue weighted by Crippen LogP contribution is 2.13. The number of esters is 1. The summed E-state index contributed by atoms with van der Waals surface area (Å²) in [5.41, 5.74) is 5.49. The molecule has 106 valence electrons. The van der Waals surface area contributed by atoms with Crippen LogP contribution in [-0.4, -0.2) is 32.5 Å². The monoisotopic (exact) mass is 287 g/mol. The molecule has 0 atom stereocenters. The molecule has 0 aliphatic heterocycles. The van der Waals surface area contributed by atoms with Crippen molar-refractivity contribution in [2.75, 3.05) is 18.9 Å². The second-order valence-corrected chi connectivity index (χ2v) is 5.43. The molecule has 0 aliphatic rings. The van der Waals surface area contributed by atoms with Crippen LogP contribution in [0.3, 0.4) is 0 Å². The molecule has 7 nitrogen and oxygen atoms in total. The highest BCUT2D eigenvalue weighted by atomic mass is 32.2. The van der Waals surface area contributed by atoms with Gasteiger partial charge in [-0.2, -0.15) is 0 Å². The van der Waals surface area contributed by atoms with E-state index in [1.165, 1.54) is 18.3 Å². The van der Waals surface area contributed by atoms with Crippen LogP contribution in [0, 0.1) is 0 Å². The highest BCUT2D eigenvalue weighted by Gasteiger charge is 2.17. The molecule has 0 saturated heterocycles. The van der Waals surface area contributed by atoms with Gasteiger partial charge in [-0.15, -0.1) is 0 Å². The molecule has 3 N–H and O–H groups in total. The summed E-state index contributed by atoms with van der Waals surface area (Å²) in [5, 5.41) is 0. The number of sulfonamides is 1. The quantitative estimate of drug-likeness (QED) is 0.550. The molecule has 1 rings (SSSR count). The fourth-order valence-corrected chi connectivity index (χ4v) is 2.53. The van der Waals surface area contributed by atoms with Gasteiger partial charge in [0, 0.05) is 19.2 Å². The highest BCUT2D eigenvalue weighted by molar-refractivity contribution is 7.89. The molecule has 8 heteroatoms. The minimum absolute atomic E-state index is 0.0552. The third-order valence-corrected chi connectivity index (χ3v) is 3.75. The lowest BCUT2D eigenvalue weighted by Crippen LogP contribution is -2.26. The molecule has 1 aromatic heterocycles. The Labute approximate surface area is 112 Å². The predicted octanol–water partition coefficient (Wildman–Crippen LogP) is 0.285. The van der Waals surface area contributed by atoms with Gasteiger partial charge in [0.1, 0.15) is 10.7 Å². The number of pyridine rings is 1. The minimum atomic E-state index is -3.69. The van der Waals surface area contributed by atoms with Crippen LogP contribution in [0.25, 0.3) is 0 Å².